The summed E-state index contributed by atoms with van der Waals surface area (Å²) in [7, 11) is -1.67. The van der Waals surface area contributed by atoms with Crippen molar-refractivity contribution in [2.75, 3.05) is 13.7 Å². The molecule has 1 heterocycles. The third-order valence-electron chi connectivity index (χ3n) is 10.2. The third-order valence-corrected chi connectivity index (χ3v) is 15.2. The zero-order valence-corrected chi connectivity index (χ0v) is 32.2. The van der Waals surface area contributed by atoms with Gasteiger partial charge in [0, 0.05) is 31.8 Å². The summed E-state index contributed by atoms with van der Waals surface area (Å²) in [5.74, 6) is -4.01. The molecule has 1 aliphatic carbocycles. The monoisotopic (exact) mass is 724 g/mol. The van der Waals surface area contributed by atoms with Crippen LogP contribution in [0.1, 0.15) is 105 Å². The molecule has 4 rings (SSSR count). The Kier molecular flexibility index (Phi) is 15.4. The Bertz CT molecular complexity index is 1390. The average molecular weight is 725 g/mol. The Morgan fingerprint density at radius 1 is 1.00 bits per heavy atom. The molecule has 2 aromatic carbocycles. The van der Waals surface area contributed by atoms with Crippen molar-refractivity contribution in [1.29, 1.82) is 0 Å². The number of allylic oxidation sites excluding steroid dienone is 3. The van der Waals surface area contributed by atoms with Gasteiger partial charge in [0.1, 0.15) is 6.10 Å². The summed E-state index contributed by atoms with van der Waals surface area (Å²) in [5, 5.41) is 1.87. The van der Waals surface area contributed by atoms with Gasteiger partial charge in [0.15, 0.2) is 12.1 Å². The summed E-state index contributed by atoms with van der Waals surface area (Å²) in [6.07, 6.45) is 8.62. The van der Waals surface area contributed by atoms with Gasteiger partial charge in [-0.1, -0.05) is 119 Å². The summed E-state index contributed by atoms with van der Waals surface area (Å²) in [4.78, 5) is 25.5. The number of hydrogen-bond donors (Lipinski definition) is 0. The Morgan fingerprint density at radius 3 is 2.24 bits per heavy atom. The minimum absolute atomic E-state index is 0.119. The SMILES string of the molecule is CCCCC(OC1CCCCO1)C(F)(F)CC=C1C(=O)C[C@H](O[Si](c2ccccc2)(c2ccccc2)C(C)(C)C)[C@@H]1CC=CCCCC(=O)OC. The second-order valence-corrected chi connectivity index (χ2v) is 19.2. The maximum atomic E-state index is 16.1. The van der Waals surface area contributed by atoms with E-state index in [9.17, 15) is 9.59 Å². The lowest BCUT2D eigenvalue weighted by Crippen LogP contribution is -2.68. The topological polar surface area (TPSA) is 71.1 Å². The second kappa shape index (κ2) is 19.2. The summed E-state index contributed by atoms with van der Waals surface area (Å²) >= 11 is 0. The van der Waals surface area contributed by atoms with Crippen molar-refractivity contribution >= 4 is 30.4 Å². The summed E-state index contributed by atoms with van der Waals surface area (Å²) in [5.41, 5.74) is 0.403. The van der Waals surface area contributed by atoms with Gasteiger partial charge < -0.3 is 18.6 Å². The van der Waals surface area contributed by atoms with Gasteiger partial charge >= 0.3 is 5.97 Å². The van der Waals surface area contributed by atoms with E-state index in [2.05, 4.69) is 45.0 Å². The third kappa shape index (κ3) is 10.8. The standard InChI is InChI=1S/C42H58F2O6Si/c1-6-7-25-38(49-40-27-18-19-30-48-40)42(43,44)29-28-34-35(24-16-8-9-17-26-39(46)47-5)37(31-36(34)45)50-51(41(2,3)4,32-20-12-10-13-21-32)33-22-14-11-15-23-33/h8,10-16,20-23,28,35,37-38,40H,6-7,9,17-19,24-27,29-31H2,1-5H3/t35-,37+,38?,40?/m1/s1. The van der Waals surface area contributed by atoms with Gasteiger partial charge in [0.05, 0.1) is 13.2 Å². The fraction of sp³-hybridized carbons (Fsp3) is 0.571. The molecule has 0 amide bonds. The van der Waals surface area contributed by atoms with E-state index in [0.29, 0.717) is 50.7 Å². The largest absolute Gasteiger partial charge is 0.469 e. The van der Waals surface area contributed by atoms with Crippen molar-refractivity contribution in [3.63, 3.8) is 0 Å². The number of alkyl halides is 2. The van der Waals surface area contributed by atoms with Gasteiger partial charge in [0.25, 0.3) is 14.2 Å². The highest BCUT2D eigenvalue weighted by molar-refractivity contribution is 6.99. The minimum Gasteiger partial charge on any atom is -0.469 e. The van der Waals surface area contributed by atoms with Crippen LogP contribution in [0.5, 0.6) is 0 Å². The van der Waals surface area contributed by atoms with E-state index in [4.69, 9.17) is 18.6 Å². The van der Waals surface area contributed by atoms with Crippen molar-refractivity contribution in [3.05, 3.63) is 84.5 Å². The Morgan fingerprint density at radius 2 is 1.67 bits per heavy atom. The molecule has 2 fully saturated rings. The van der Waals surface area contributed by atoms with Gasteiger partial charge in [-0.2, -0.15) is 0 Å². The van der Waals surface area contributed by atoms with Gasteiger partial charge in [-0.05, 0) is 65.9 Å². The van der Waals surface area contributed by atoms with Crippen molar-refractivity contribution < 1.29 is 37.0 Å². The van der Waals surface area contributed by atoms with E-state index in [1.54, 1.807) is 0 Å². The number of carbonyl (C=O) groups is 2. The molecule has 2 unspecified atom stereocenters. The van der Waals surface area contributed by atoms with Gasteiger partial charge in [-0.25, -0.2) is 8.78 Å². The number of hydrogen-bond acceptors (Lipinski definition) is 6. The first-order chi connectivity index (χ1) is 24.4. The van der Waals surface area contributed by atoms with Crippen LogP contribution in [-0.2, 0) is 28.2 Å². The van der Waals surface area contributed by atoms with Crippen LogP contribution in [-0.4, -0.2) is 58.2 Å². The number of esters is 1. The quantitative estimate of drug-likeness (QED) is 0.0503. The molecular weight excluding hydrogens is 667 g/mol. The van der Waals surface area contributed by atoms with Crippen LogP contribution in [0.15, 0.2) is 84.5 Å². The molecule has 51 heavy (non-hydrogen) atoms. The molecule has 280 valence electrons. The highest BCUT2D eigenvalue weighted by atomic mass is 28.4. The fourth-order valence-corrected chi connectivity index (χ4v) is 12.1. The molecule has 0 spiro atoms. The highest BCUT2D eigenvalue weighted by Gasteiger charge is 2.54. The zero-order chi connectivity index (χ0) is 36.9. The molecule has 6 nitrogen and oxygen atoms in total. The maximum absolute atomic E-state index is 16.1. The van der Waals surface area contributed by atoms with Crippen molar-refractivity contribution in [1.82, 2.24) is 0 Å². The van der Waals surface area contributed by atoms with E-state index in [1.165, 1.54) is 13.2 Å². The Hall–Kier alpha value is -2.98. The minimum atomic E-state index is -3.19. The lowest BCUT2D eigenvalue weighted by atomic mass is 9.93. The predicted molar refractivity (Wildman–Crippen MR) is 201 cm³/mol. The summed E-state index contributed by atoms with van der Waals surface area (Å²) in [6.45, 7) is 9.06. The van der Waals surface area contributed by atoms with E-state index in [1.807, 2.05) is 55.5 Å². The average Bonchev–Trinajstić information content (AvgIpc) is 3.42. The lowest BCUT2D eigenvalue weighted by molar-refractivity contribution is -0.240. The van der Waals surface area contributed by atoms with Crippen LogP contribution < -0.4 is 10.4 Å². The molecule has 2 aromatic rings. The number of Topliss-reactive ketones (excluding diaryl/α,β-unsaturated/α-hetero) is 1. The van der Waals surface area contributed by atoms with Crippen LogP contribution >= 0.6 is 0 Å². The summed E-state index contributed by atoms with van der Waals surface area (Å²) in [6, 6.07) is 20.5. The molecule has 4 atom stereocenters. The first kappa shape index (κ1) is 40.8. The molecule has 1 saturated carbocycles. The first-order valence-corrected chi connectivity index (χ1v) is 20.7. The molecule has 0 radical (unpaired) electrons. The van der Waals surface area contributed by atoms with E-state index in [-0.39, 0.29) is 29.6 Å². The molecule has 0 aromatic heterocycles. The fourth-order valence-electron chi connectivity index (χ4n) is 7.41. The number of carbonyl (C=O) groups excluding carboxylic acids is 2. The molecule has 2 aliphatic rings. The molecule has 1 aliphatic heterocycles. The first-order valence-electron chi connectivity index (χ1n) is 18.8. The van der Waals surface area contributed by atoms with Crippen molar-refractivity contribution in [2.45, 2.75) is 134 Å². The van der Waals surface area contributed by atoms with Crippen molar-refractivity contribution in [3.8, 4) is 0 Å². The number of halogens is 2. The van der Waals surface area contributed by atoms with E-state index < -0.39 is 45.1 Å². The van der Waals surface area contributed by atoms with Crippen LogP contribution in [0.4, 0.5) is 8.78 Å². The molecule has 0 N–H and O–H groups in total. The summed E-state index contributed by atoms with van der Waals surface area (Å²) < 4.78 is 56.1. The number of benzene rings is 2. The maximum Gasteiger partial charge on any atom is 0.305 e. The van der Waals surface area contributed by atoms with Crippen LogP contribution in [0, 0.1) is 5.92 Å². The molecular formula is C42H58F2O6Si. The molecule has 0 bridgehead atoms. The van der Waals surface area contributed by atoms with Gasteiger partial charge in [-0.15, -0.1) is 0 Å². The number of unbranched alkanes of at least 4 members (excludes halogenated alkanes) is 2. The molecule has 1 saturated heterocycles. The van der Waals surface area contributed by atoms with E-state index >= 15 is 8.78 Å². The van der Waals surface area contributed by atoms with Crippen molar-refractivity contribution in [2.24, 2.45) is 5.92 Å². The Balaban J connectivity index is 1.68. The lowest BCUT2D eigenvalue weighted by Gasteiger charge is -2.45. The Labute approximate surface area is 305 Å². The normalized spacial score (nSPS) is 21.7. The van der Waals surface area contributed by atoms with Gasteiger partial charge in [-0.3, -0.25) is 9.59 Å². The zero-order valence-electron chi connectivity index (χ0n) is 31.2. The van der Waals surface area contributed by atoms with E-state index in [0.717, 1.165) is 29.6 Å². The van der Waals surface area contributed by atoms with Crippen LogP contribution in [0.3, 0.4) is 0 Å². The number of rotatable bonds is 18. The number of ether oxygens (including phenoxy) is 3. The second-order valence-electron chi connectivity index (χ2n) is 14.9. The van der Waals surface area contributed by atoms with Crippen LogP contribution in [0.2, 0.25) is 5.04 Å². The van der Waals surface area contributed by atoms with Crippen LogP contribution in [0.25, 0.3) is 0 Å². The molecule has 9 heteroatoms. The number of methoxy groups -OCH3 is 1. The smallest absolute Gasteiger partial charge is 0.305 e. The van der Waals surface area contributed by atoms with Gasteiger partial charge in [0.2, 0.25) is 0 Å². The predicted octanol–water partition coefficient (Wildman–Crippen LogP) is 8.86. The number of ketones is 1. The highest BCUT2D eigenvalue weighted by Crippen LogP contribution is 2.43.